The quantitative estimate of drug-likeness (QED) is 0.213. The molecular weight excluding hydrogens is 395 g/mol. The predicted molar refractivity (Wildman–Crippen MR) is 83.3 cm³/mol. The molecule has 1 aromatic carbocycles. The maximum Gasteiger partial charge on any atom is 0.407 e. The Morgan fingerprint density at radius 2 is 1.39 bits per heavy atom. The molecule has 0 bridgehead atoms. The van der Waals surface area contributed by atoms with Gasteiger partial charge in [0.15, 0.2) is 23.3 Å². The van der Waals surface area contributed by atoms with Crippen molar-refractivity contribution in [3.63, 3.8) is 0 Å². The Kier molecular flexibility index (Phi) is 9.12. The molecule has 1 aromatic rings. The molecule has 156 valence electrons. The lowest BCUT2D eigenvalue weighted by Gasteiger charge is -2.10. The van der Waals surface area contributed by atoms with Crippen LogP contribution in [0.25, 0.3) is 0 Å². The molecule has 7 nitrogen and oxygen atoms in total. The normalized spacial score (nSPS) is 10.4. The largest absolute Gasteiger partial charge is 0.459 e. The number of carbonyl (C=O) groups excluding carboxylic acids is 3. The van der Waals surface area contributed by atoms with Gasteiger partial charge in [-0.05, 0) is 6.42 Å². The number of unbranched alkanes of at least 4 members (excludes halogenated alkanes) is 1. The van der Waals surface area contributed by atoms with Crippen molar-refractivity contribution >= 4 is 18.0 Å². The van der Waals surface area contributed by atoms with E-state index >= 15 is 0 Å². The molecule has 0 fully saturated rings. The number of nitrogens with one attached hydrogen (secondary N) is 2. The Hall–Kier alpha value is -2.92. The molecule has 0 aromatic heterocycles. The SMILES string of the molecule is CCCCOC(=O)NCC(=O)NCC(=O)OCc1c(F)c(F)c(F)c(F)c1F. The van der Waals surface area contributed by atoms with Crippen LogP contribution in [0.3, 0.4) is 0 Å². The van der Waals surface area contributed by atoms with Crippen molar-refractivity contribution in [1.29, 1.82) is 0 Å². The summed E-state index contributed by atoms with van der Waals surface area (Å²) in [6.45, 7) is -0.452. The molecule has 0 unspecified atom stereocenters. The fourth-order valence-corrected chi connectivity index (χ4v) is 1.73. The molecule has 0 aliphatic rings. The van der Waals surface area contributed by atoms with Crippen LogP contribution in [0.4, 0.5) is 26.7 Å². The minimum atomic E-state index is -2.34. The smallest absolute Gasteiger partial charge is 0.407 e. The predicted octanol–water partition coefficient (Wildman–Crippen LogP) is 2.07. The van der Waals surface area contributed by atoms with Gasteiger partial charge < -0.3 is 20.1 Å². The highest BCUT2D eigenvalue weighted by atomic mass is 19.2. The minimum absolute atomic E-state index is 0.175. The van der Waals surface area contributed by atoms with Crippen molar-refractivity contribution < 1.29 is 45.8 Å². The van der Waals surface area contributed by atoms with Crippen LogP contribution < -0.4 is 10.6 Å². The van der Waals surface area contributed by atoms with Gasteiger partial charge in [-0.15, -0.1) is 0 Å². The van der Waals surface area contributed by atoms with E-state index < -0.39 is 72.3 Å². The summed E-state index contributed by atoms with van der Waals surface area (Å²) in [5, 5.41) is 4.14. The highest BCUT2D eigenvalue weighted by Gasteiger charge is 2.26. The summed E-state index contributed by atoms with van der Waals surface area (Å²) >= 11 is 0. The zero-order valence-corrected chi connectivity index (χ0v) is 14.7. The minimum Gasteiger partial charge on any atom is -0.459 e. The maximum absolute atomic E-state index is 13.4. The molecule has 2 N–H and O–H groups in total. The molecule has 12 heteroatoms. The Balaban J connectivity index is 2.42. The van der Waals surface area contributed by atoms with Crippen LogP contribution in [0.2, 0.25) is 0 Å². The van der Waals surface area contributed by atoms with E-state index in [1.165, 1.54) is 0 Å². The summed E-state index contributed by atoms with van der Waals surface area (Å²) < 4.78 is 74.9. The van der Waals surface area contributed by atoms with Crippen LogP contribution in [0.1, 0.15) is 25.3 Å². The number of rotatable bonds is 9. The van der Waals surface area contributed by atoms with Gasteiger partial charge >= 0.3 is 12.1 Å². The van der Waals surface area contributed by atoms with Crippen LogP contribution in [0.15, 0.2) is 0 Å². The van der Waals surface area contributed by atoms with Gasteiger partial charge in [-0.3, -0.25) is 9.59 Å². The Bertz CT molecular complexity index is 716. The first kappa shape index (κ1) is 23.1. The summed E-state index contributed by atoms with van der Waals surface area (Å²) in [5.41, 5.74) is -1.33. The van der Waals surface area contributed by atoms with Crippen molar-refractivity contribution in [2.24, 2.45) is 0 Å². The Morgan fingerprint density at radius 1 is 0.821 bits per heavy atom. The molecule has 0 saturated heterocycles. The van der Waals surface area contributed by atoms with E-state index in [4.69, 9.17) is 4.74 Å². The number of benzene rings is 1. The molecule has 1 rings (SSSR count). The number of ether oxygens (including phenoxy) is 2. The van der Waals surface area contributed by atoms with Gasteiger partial charge in [0.2, 0.25) is 11.7 Å². The number of hydrogen-bond donors (Lipinski definition) is 2. The zero-order valence-electron chi connectivity index (χ0n) is 14.7. The van der Waals surface area contributed by atoms with Gasteiger partial charge in [-0.25, -0.2) is 26.7 Å². The highest BCUT2D eigenvalue weighted by molar-refractivity contribution is 5.85. The van der Waals surface area contributed by atoms with Gasteiger partial charge in [0.05, 0.1) is 12.2 Å². The van der Waals surface area contributed by atoms with Crippen LogP contribution in [0.5, 0.6) is 0 Å². The Morgan fingerprint density at radius 3 is 1.96 bits per heavy atom. The first-order valence-corrected chi connectivity index (χ1v) is 8.02. The van der Waals surface area contributed by atoms with Crippen molar-refractivity contribution in [1.82, 2.24) is 10.6 Å². The highest BCUT2D eigenvalue weighted by Crippen LogP contribution is 2.23. The van der Waals surface area contributed by atoms with E-state index in [2.05, 4.69) is 10.1 Å². The first-order chi connectivity index (χ1) is 13.2. The lowest BCUT2D eigenvalue weighted by atomic mass is 10.2. The third kappa shape index (κ3) is 6.67. The molecule has 0 heterocycles. The monoisotopic (exact) mass is 412 g/mol. The molecule has 0 aliphatic heterocycles. The van der Waals surface area contributed by atoms with Gasteiger partial charge in [0.1, 0.15) is 19.7 Å². The Labute approximate surface area is 156 Å². The number of esters is 1. The number of carbonyl (C=O) groups is 3. The van der Waals surface area contributed by atoms with Gasteiger partial charge in [-0.1, -0.05) is 13.3 Å². The van der Waals surface area contributed by atoms with E-state index in [0.29, 0.717) is 6.42 Å². The fourth-order valence-electron chi connectivity index (χ4n) is 1.73. The zero-order chi connectivity index (χ0) is 21.3. The molecule has 0 spiro atoms. The average molecular weight is 412 g/mol. The average Bonchev–Trinajstić information content (AvgIpc) is 2.67. The summed E-state index contributed by atoms with van der Waals surface area (Å²) in [6, 6.07) is 0. The van der Waals surface area contributed by atoms with E-state index in [0.717, 1.165) is 6.42 Å². The number of halogens is 5. The lowest BCUT2D eigenvalue weighted by Crippen LogP contribution is -2.39. The molecule has 28 heavy (non-hydrogen) atoms. The second kappa shape index (κ2) is 11.0. The third-order valence-corrected chi connectivity index (χ3v) is 3.23. The van der Waals surface area contributed by atoms with Crippen LogP contribution in [0, 0.1) is 29.1 Å². The molecular formula is C16H17F5N2O5. The van der Waals surface area contributed by atoms with Gasteiger partial charge in [0, 0.05) is 0 Å². The van der Waals surface area contributed by atoms with Crippen molar-refractivity contribution in [3.8, 4) is 0 Å². The van der Waals surface area contributed by atoms with E-state index in [1.54, 1.807) is 0 Å². The molecule has 0 aliphatic carbocycles. The van der Waals surface area contributed by atoms with E-state index in [9.17, 15) is 36.3 Å². The molecule has 0 atom stereocenters. The van der Waals surface area contributed by atoms with Crippen molar-refractivity contribution in [2.45, 2.75) is 26.4 Å². The summed E-state index contributed by atoms with van der Waals surface area (Å²) in [5.74, 6) is -12.9. The number of alkyl carbamates (subject to hydrolysis) is 1. The standard InChI is InChI=1S/C16H17F5N2O5/c1-2-3-4-27-16(26)23-5-9(24)22-6-10(25)28-7-8-11(17)13(19)15(21)14(20)12(8)18/h2-7H2,1H3,(H,22,24)(H,23,26). The number of hydrogen-bond acceptors (Lipinski definition) is 5. The van der Waals surface area contributed by atoms with Gasteiger partial charge in [0.25, 0.3) is 0 Å². The van der Waals surface area contributed by atoms with Crippen LogP contribution in [-0.2, 0) is 25.7 Å². The first-order valence-electron chi connectivity index (χ1n) is 8.02. The van der Waals surface area contributed by atoms with Crippen LogP contribution >= 0.6 is 0 Å². The number of amides is 2. The second-order valence-corrected chi connectivity index (χ2v) is 5.33. The summed E-state index contributed by atoms with van der Waals surface area (Å²) in [4.78, 5) is 34.1. The van der Waals surface area contributed by atoms with E-state index in [1.807, 2.05) is 12.2 Å². The molecule has 0 radical (unpaired) electrons. The second-order valence-electron chi connectivity index (χ2n) is 5.33. The molecule has 0 saturated carbocycles. The fraction of sp³-hybridized carbons (Fsp3) is 0.438. The lowest BCUT2D eigenvalue weighted by molar-refractivity contribution is -0.145. The van der Waals surface area contributed by atoms with Crippen LogP contribution in [-0.4, -0.2) is 37.7 Å². The topological polar surface area (TPSA) is 93.7 Å². The van der Waals surface area contributed by atoms with Gasteiger partial charge in [-0.2, -0.15) is 0 Å². The van der Waals surface area contributed by atoms with Crippen molar-refractivity contribution in [3.05, 3.63) is 34.6 Å². The summed E-state index contributed by atoms with van der Waals surface area (Å²) in [7, 11) is 0. The molecule has 2 amide bonds. The van der Waals surface area contributed by atoms with Crippen molar-refractivity contribution in [2.75, 3.05) is 19.7 Å². The third-order valence-electron chi connectivity index (χ3n) is 3.23. The van der Waals surface area contributed by atoms with E-state index in [-0.39, 0.29) is 6.61 Å². The summed E-state index contributed by atoms with van der Waals surface area (Å²) in [6.07, 6.45) is 0.618. The maximum atomic E-state index is 13.4.